The van der Waals surface area contributed by atoms with Crippen LogP contribution in [0.2, 0.25) is 0 Å². The molecule has 2 N–H and O–H groups in total. The molecule has 1 fully saturated rings. The van der Waals surface area contributed by atoms with Gasteiger partial charge in [-0.3, -0.25) is 14.8 Å². The van der Waals surface area contributed by atoms with Gasteiger partial charge in [-0.05, 0) is 61.2 Å². The van der Waals surface area contributed by atoms with Crippen LogP contribution in [0, 0.1) is 5.82 Å². The van der Waals surface area contributed by atoms with Crippen LogP contribution in [0.3, 0.4) is 0 Å². The SMILES string of the molecule is O=C(Nc1ccc(Oc2cccc(F)c2)nc1)C1=NCCNc2ccc(-c3cncc(N4CCCCC4)c3)cc21. The first-order valence-electron chi connectivity index (χ1n) is 13.5. The number of aromatic nitrogens is 2. The third-order valence-electron chi connectivity index (χ3n) is 6.98. The predicted molar refractivity (Wildman–Crippen MR) is 155 cm³/mol. The normalized spacial score (nSPS) is 14.8. The third kappa shape index (κ3) is 5.78. The Morgan fingerprint density at radius 1 is 0.950 bits per heavy atom. The van der Waals surface area contributed by atoms with Crippen molar-refractivity contribution in [1.29, 1.82) is 0 Å². The molecule has 0 spiro atoms. The fourth-order valence-corrected chi connectivity index (χ4v) is 4.98. The summed E-state index contributed by atoms with van der Waals surface area (Å²) in [5, 5.41) is 6.27. The topological polar surface area (TPSA) is 91.7 Å². The van der Waals surface area contributed by atoms with Gasteiger partial charge in [-0.2, -0.15) is 0 Å². The van der Waals surface area contributed by atoms with Crippen LogP contribution in [0.25, 0.3) is 11.1 Å². The molecular formula is C31H29FN6O2. The number of hydrogen-bond acceptors (Lipinski definition) is 7. The second-order valence-electron chi connectivity index (χ2n) is 9.80. The Kier molecular flexibility index (Phi) is 7.34. The number of amides is 1. The van der Waals surface area contributed by atoms with E-state index in [-0.39, 0.29) is 11.8 Å². The zero-order valence-corrected chi connectivity index (χ0v) is 21.9. The fraction of sp³-hybridized carbons (Fsp3) is 0.226. The number of piperidine rings is 1. The second-order valence-corrected chi connectivity index (χ2v) is 9.80. The number of halogens is 1. The highest BCUT2D eigenvalue weighted by molar-refractivity contribution is 6.50. The van der Waals surface area contributed by atoms with Gasteiger partial charge >= 0.3 is 0 Å². The number of pyridine rings is 2. The van der Waals surface area contributed by atoms with Crippen molar-refractivity contribution in [3.63, 3.8) is 0 Å². The van der Waals surface area contributed by atoms with Crippen LogP contribution < -0.4 is 20.3 Å². The van der Waals surface area contributed by atoms with E-state index in [2.05, 4.69) is 36.6 Å². The molecule has 0 unspecified atom stereocenters. The van der Waals surface area contributed by atoms with Crippen LogP contribution in [0.5, 0.6) is 11.6 Å². The number of rotatable bonds is 6. The number of benzene rings is 2. The monoisotopic (exact) mass is 536 g/mol. The maximum Gasteiger partial charge on any atom is 0.274 e. The van der Waals surface area contributed by atoms with E-state index in [1.807, 2.05) is 30.6 Å². The zero-order chi connectivity index (χ0) is 27.3. The number of nitrogens with one attached hydrogen (secondary N) is 2. The second kappa shape index (κ2) is 11.5. The molecule has 2 aromatic carbocycles. The lowest BCUT2D eigenvalue weighted by Gasteiger charge is -2.28. The van der Waals surface area contributed by atoms with Crippen LogP contribution in [-0.4, -0.2) is 47.8 Å². The number of fused-ring (bicyclic) bond motifs is 1. The van der Waals surface area contributed by atoms with E-state index in [4.69, 9.17) is 4.74 Å². The summed E-state index contributed by atoms with van der Waals surface area (Å²) in [6.45, 7) is 3.19. The third-order valence-corrected chi connectivity index (χ3v) is 6.98. The molecule has 4 aromatic rings. The van der Waals surface area contributed by atoms with Crippen LogP contribution in [-0.2, 0) is 4.79 Å². The summed E-state index contributed by atoms with van der Waals surface area (Å²) in [4.78, 5) is 29.2. The minimum absolute atomic E-state index is 0.287. The Morgan fingerprint density at radius 2 is 1.85 bits per heavy atom. The molecule has 0 bridgehead atoms. The van der Waals surface area contributed by atoms with E-state index in [9.17, 15) is 9.18 Å². The van der Waals surface area contributed by atoms with Crippen LogP contribution in [0.1, 0.15) is 24.8 Å². The highest BCUT2D eigenvalue weighted by Crippen LogP contribution is 2.30. The number of carbonyl (C=O) groups is 1. The van der Waals surface area contributed by atoms with Crippen molar-refractivity contribution in [1.82, 2.24) is 9.97 Å². The van der Waals surface area contributed by atoms with Crippen LogP contribution in [0.4, 0.5) is 21.5 Å². The Hall–Kier alpha value is -4.79. The molecular weight excluding hydrogens is 507 g/mol. The highest BCUT2D eigenvalue weighted by atomic mass is 19.1. The van der Waals surface area contributed by atoms with Gasteiger partial charge in [0.1, 0.15) is 17.3 Å². The summed E-state index contributed by atoms with van der Waals surface area (Å²) in [6.07, 6.45) is 8.94. The molecule has 202 valence electrons. The molecule has 1 saturated heterocycles. The lowest BCUT2D eigenvalue weighted by Crippen LogP contribution is -2.29. The zero-order valence-electron chi connectivity index (χ0n) is 21.9. The average molecular weight is 537 g/mol. The van der Waals surface area contributed by atoms with Gasteiger partial charge in [0.2, 0.25) is 5.88 Å². The summed E-state index contributed by atoms with van der Waals surface area (Å²) in [6, 6.07) is 17.3. The van der Waals surface area contributed by atoms with Crippen molar-refractivity contribution in [3.05, 3.63) is 90.6 Å². The number of benzodiazepines with no additional fused rings is 1. The van der Waals surface area contributed by atoms with E-state index < -0.39 is 5.82 Å². The van der Waals surface area contributed by atoms with Crippen LogP contribution in [0.15, 0.2) is 84.2 Å². The summed E-state index contributed by atoms with van der Waals surface area (Å²) in [5.41, 5.74) is 5.51. The van der Waals surface area contributed by atoms with Gasteiger partial charge in [0, 0.05) is 54.8 Å². The minimum atomic E-state index is -0.394. The van der Waals surface area contributed by atoms with E-state index in [0.717, 1.165) is 41.2 Å². The van der Waals surface area contributed by atoms with Gasteiger partial charge in [0.15, 0.2) is 0 Å². The van der Waals surface area contributed by atoms with Gasteiger partial charge in [0.25, 0.3) is 5.91 Å². The smallest absolute Gasteiger partial charge is 0.274 e. The quantitative estimate of drug-likeness (QED) is 0.318. The van der Waals surface area contributed by atoms with E-state index >= 15 is 0 Å². The molecule has 40 heavy (non-hydrogen) atoms. The number of aliphatic imine (C=N–C) groups is 1. The highest BCUT2D eigenvalue weighted by Gasteiger charge is 2.21. The number of nitrogens with zero attached hydrogens (tertiary/aromatic N) is 4. The van der Waals surface area contributed by atoms with Gasteiger partial charge in [0.05, 0.1) is 30.3 Å². The Labute approximate surface area is 232 Å². The first-order valence-corrected chi connectivity index (χ1v) is 13.5. The van der Waals surface area contributed by atoms with Crippen LogP contribution >= 0.6 is 0 Å². The molecule has 8 nitrogen and oxygen atoms in total. The molecule has 9 heteroatoms. The van der Waals surface area contributed by atoms with Crippen molar-refractivity contribution in [2.75, 3.05) is 41.7 Å². The van der Waals surface area contributed by atoms with Crippen molar-refractivity contribution < 1.29 is 13.9 Å². The number of carbonyl (C=O) groups excluding carboxylic acids is 1. The Morgan fingerprint density at radius 3 is 2.67 bits per heavy atom. The number of ether oxygens (including phenoxy) is 1. The summed E-state index contributed by atoms with van der Waals surface area (Å²) in [5.74, 6) is -0.0963. The molecule has 1 amide bonds. The lowest BCUT2D eigenvalue weighted by molar-refractivity contribution is -0.110. The van der Waals surface area contributed by atoms with Crippen molar-refractivity contribution >= 4 is 28.7 Å². The molecule has 4 heterocycles. The van der Waals surface area contributed by atoms with Crippen molar-refractivity contribution in [2.45, 2.75) is 19.3 Å². The molecule has 6 rings (SSSR count). The van der Waals surface area contributed by atoms with E-state index in [1.54, 1.807) is 24.3 Å². The molecule has 2 aromatic heterocycles. The standard InChI is InChI=1S/C31H29FN6O2/c32-23-5-4-6-26(17-23)40-29-10-8-24(19-36-29)37-31(39)30-27-16-21(7-9-28(27)34-11-12-35-30)22-15-25(20-33-18-22)38-13-2-1-3-14-38/h4-10,15-20,34H,1-3,11-14H2,(H,37,39). The molecule has 2 aliphatic rings. The maximum atomic E-state index is 13.4. The molecule has 2 aliphatic heterocycles. The minimum Gasteiger partial charge on any atom is -0.439 e. The molecule has 0 atom stereocenters. The van der Waals surface area contributed by atoms with Gasteiger partial charge in [-0.15, -0.1) is 0 Å². The fourth-order valence-electron chi connectivity index (χ4n) is 4.98. The Bertz CT molecular complexity index is 1550. The molecule has 0 aliphatic carbocycles. The number of anilines is 3. The average Bonchev–Trinajstić information content (AvgIpc) is 3.21. The first-order chi connectivity index (χ1) is 19.6. The van der Waals surface area contributed by atoms with Gasteiger partial charge in [-0.25, -0.2) is 9.37 Å². The van der Waals surface area contributed by atoms with Crippen molar-refractivity contribution in [3.8, 4) is 22.8 Å². The van der Waals surface area contributed by atoms with Crippen molar-refractivity contribution in [2.24, 2.45) is 4.99 Å². The molecule has 0 saturated carbocycles. The predicted octanol–water partition coefficient (Wildman–Crippen LogP) is 5.92. The summed E-state index contributed by atoms with van der Waals surface area (Å²) in [7, 11) is 0. The summed E-state index contributed by atoms with van der Waals surface area (Å²) >= 11 is 0. The maximum absolute atomic E-state index is 13.4. The lowest BCUT2D eigenvalue weighted by atomic mass is 9.99. The van der Waals surface area contributed by atoms with Gasteiger partial charge < -0.3 is 20.3 Å². The first kappa shape index (κ1) is 25.5. The summed E-state index contributed by atoms with van der Waals surface area (Å²) < 4.78 is 19.0. The number of hydrogen-bond donors (Lipinski definition) is 2. The molecule has 0 radical (unpaired) electrons. The van der Waals surface area contributed by atoms with E-state index in [0.29, 0.717) is 30.2 Å². The Balaban J connectivity index is 1.21. The van der Waals surface area contributed by atoms with E-state index in [1.165, 1.54) is 37.6 Å². The largest absolute Gasteiger partial charge is 0.439 e. The van der Waals surface area contributed by atoms with Gasteiger partial charge in [-0.1, -0.05) is 12.1 Å².